The van der Waals surface area contributed by atoms with Gasteiger partial charge in [0.05, 0.1) is 0 Å². The highest BCUT2D eigenvalue weighted by molar-refractivity contribution is 4.73. The van der Waals surface area contributed by atoms with Crippen molar-refractivity contribution in [2.75, 3.05) is 6.54 Å². The Labute approximate surface area is 95.0 Å². The average molecular weight is 212 g/mol. The number of hydrogen-bond acceptors (Lipinski definition) is 2. The summed E-state index contributed by atoms with van der Waals surface area (Å²) in [5, 5.41) is 3.65. The maximum atomic E-state index is 6.05. The molecule has 0 aromatic carbocycles. The van der Waals surface area contributed by atoms with Gasteiger partial charge in [-0.15, -0.1) is 0 Å². The fourth-order valence-corrected chi connectivity index (χ4v) is 2.37. The molecular weight excluding hydrogens is 184 g/mol. The quantitative estimate of drug-likeness (QED) is 0.664. The zero-order valence-corrected chi connectivity index (χ0v) is 10.3. The fraction of sp³-hybridized carbons (Fsp3) is 1.00. The SMILES string of the molecule is CCCCC(N)CNC1CCCCCC1. The molecule has 1 fully saturated rings. The number of hydrogen-bond donors (Lipinski definition) is 2. The third-order valence-corrected chi connectivity index (χ3v) is 3.45. The smallest absolute Gasteiger partial charge is 0.0165 e. The van der Waals surface area contributed by atoms with E-state index in [2.05, 4.69) is 12.2 Å². The van der Waals surface area contributed by atoms with Crippen molar-refractivity contribution >= 4 is 0 Å². The molecule has 90 valence electrons. The van der Waals surface area contributed by atoms with Gasteiger partial charge in [0.25, 0.3) is 0 Å². The van der Waals surface area contributed by atoms with Crippen molar-refractivity contribution < 1.29 is 0 Å². The predicted octanol–water partition coefficient (Wildman–Crippen LogP) is 2.82. The van der Waals surface area contributed by atoms with Crippen molar-refractivity contribution in [3.8, 4) is 0 Å². The van der Waals surface area contributed by atoms with Gasteiger partial charge in [0.2, 0.25) is 0 Å². The van der Waals surface area contributed by atoms with Gasteiger partial charge in [0.15, 0.2) is 0 Å². The lowest BCUT2D eigenvalue weighted by Gasteiger charge is -2.19. The number of unbranched alkanes of at least 4 members (excludes halogenated alkanes) is 1. The molecule has 1 unspecified atom stereocenters. The van der Waals surface area contributed by atoms with Gasteiger partial charge >= 0.3 is 0 Å². The van der Waals surface area contributed by atoms with Crippen LogP contribution in [0.1, 0.15) is 64.7 Å². The van der Waals surface area contributed by atoms with Gasteiger partial charge in [-0.25, -0.2) is 0 Å². The normalized spacial score (nSPS) is 21.2. The Morgan fingerprint density at radius 3 is 2.47 bits per heavy atom. The molecule has 0 aromatic rings. The van der Waals surface area contributed by atoms with E-state index in [4.69, 9.17) is 5.73 Å². The summed E-state index contributed by atoms with van der Waals surface area (Å²) in [6.07, 6.45) is 12.1. The molecule has 0 spiro atoms. The minimum absolute atomic E-state index is 0.369. The highest BCUT2D eigenvalue weighted by Crippen LogP contribution is 2.17. The van der Waals surface area contributed by atoms with E-state index in [1.165, 1.54) is 57.8 Å². The Morgan fingerprint density at radius 1 is 1.20 bits per heavy atom. The first-order chi connectivity index (χ1) is 7.33. The summed E-state index contributed by atoms with van der Waals surface area (Å²) in [5.74, 6) is 0. The van der Waals surface area contributed by atoms with Crippen molar-refractivity contribution in [1.29, 1.82) is 0 Å². The molecule has 1 saturated carbocycles. The van der Waals surface area contributed by atoms with E-state index in [1.54, 1.807) is 0 Å². The molecule has 2 nitrogen and oxygen atoms in total. The van der Waals surface area contributed by atoms with Crippen LogP contribution in [0.5, 0.6) is 0 Å². The van der Waals surface area contributed by atoms with Crippen molar-refractivity contribution in [3.05, 3.63) is 0 Å². The molecule has 0 heterocycles. The van der Waals surface area contributed by atoms with Crippen LogP contribution >= 0.6 is 0 Å². The predicted molar refractivity (Wildman–Crippen MR) is 67.0 cm³/mol. The maximum absolute atomic E-state index is 6.05. The van der Waals surface area contributed by atoms with Crippen molar-refractivity contribution in [2.24, 2.45) is 5.73 Å². The topological polar surface area (TPSA) is 38.0 Å². The van der Waals surface area contributed by atoms with Crippen LogP contribution in [0.15, 0.2) is 0 Å². The van der Waals surface area contributed by atoms with E-state index < -0.39 is 0 Å². The van der Waals surface area contributed by atoms with E-state index in [0.717, 1.165) is 12.6 Å². The Balaban J connectivity index is 2.06. The Morgan fingerprint density at radius 2 is 1.87 bits per heavy atom. The zero-order chi connectivity index (χ0) is 10.9. The van der Waals surface area contributed by atoms with Crippen LogP contribution in [0, 0.1) is 0 Å². The standard InChI is InChI=1S/C13H28N2/c1-2-3-8-12(14)11-15-13-9-6-4-5-7-10-13/h12-13,15H,2-11,14H2,1H3. The lowest BCUT2D eigenvalue weighted by Crippen LogP contribution is -2.39. The molecule has 0 bridgehead atoms. The Hall–Kier alpha value is -0.0800. The van der Waals surface area contributed by atoms with E-state index in [9.17, 15) is 0 Å². The van der Waals surface area contributed by atoms with Crippen LogP contribution in [-0.4, -0.2) is 18.6 Å². The molecular formula is C13H28N2. The number of nitrogens with two attached hydrogens (primary N) is 1. The number of rotatable bonds is 6. The first kappa shape index (κ1) is 13.0. The van der Waals surface area contributed by atoms with E-state index in [1.807, 2.05) is 0 Å². The minimum atomic E-state index is 0.369. The van der Waals surface area contributed by atoms with Gasteiger partial charge in [-0.05, 0) is 19.3 Å². The maximum Gasteiger partial charge on any atom is 0.0165 e. The molecule has 1 aliphatic rings. The monoisotopic (exact) mass is 212 g/mol. The van der Waals surface area contributed by atoms with Crippen LogP contribution in [0.2, 0.25) is 0 Å². The van der Waals surface area contributed by atoms with Gasteiger partial charge in [-0.3, -0.25) is 0 Å². The van der Waals surface area contributed by atoms with Crippen LogP contribution in [-0.2, 0) is 0 Å². The largest absolute Gasteiger partial charge is 0.327 e. The molecule has 1 atom stereocenters. The summed E-state index contributed by atoms with van der Waals surface area (Å²) in [4.78, 5) is 0. The van der Waals surface area contributed by atoms with Crippen LogP contribution < -0.4 is 11.1 Å². The Kier molecular flexibility index (Phi) is 7.03. The van der Waals surface area contributed by atoms with Crippen molar-refractivity contribution in [2.45, 2.75) is 76.8 Å². The molecule has 2 heteroatoms. The second-order valence-electron chi connectivity index (χ2n) is 5.00. The molecule has 0 aromatic heterocycles. The minimum Gasteiger partial charge on any atom is -0.327 e. The summed E-state index contributed by atoms with van der Waals surface area (Å²) < 4.78 is 0. The summed E-state index contributed by atoms with van der Waals surface area (Å²) in [7, 11) is 0. The molecule has 0 radical (unpaired) electrons. The summed E-state index contributed by atoms with van der Waals surface area (Å²) in [6, 6.07) is 1.12. The summed E-state index contributed by atoms with van der Waals surface area (Å²) in [5.41, 5.74) is 6.05. The second-order valence-corrected chi connectivity index (χ2v) is 5.00. The fourth-order valence-electron chi connectivity index (χ4n) is 2.37. The second kappa shape index (κ2) is 8.12. The summed E-state index contributed by atoms with van der Waals surface area (Å²) >= 11 is 0. The molecule has 1 rings (SSSR count). The first-order valence-electron chi connectivity index (χ1n) is 6.82. The van der Waals surface area contributed by atoms with E-state index >= 15 is 0 Å². The van der Waals surface area contributed by atoms with Crippen LogP contribution in [0.4, 0.5) is 0 Å². The van der Waals surface area contributed by atoms with E-state index in [-0.39, 0.29) is 0 Å². The molecule has 1 aliphatic carbocycles. The molecule has 0 aliphatic heterocycles. The zero-order valence-electron chi connectivity index (χ0n) is 10.3. The first-order valence-corrected chi connectivity index (χ1v) is 6.82. The van der Waals surface area contributed by atoms with Gasteiger partial charge in [-0.2, -0.15) is 0 Å². The third-order valence-electron chi connectivity index (χ3n) is 3.45. The molecule has 0 saturated heterocycles. The highest BCUT2D eigenvalue weighted by Gasteiger charge is 2.12. The average Bonchev–Trinajstić information content (AvgIpc) is 2.51. The molecule has 3 N–H and O–H groups in total. The lowest BCUT2D eigenvalue weighted by molar-refractivity contribution is 0.425. The van der Waals surface area contributed by atoms with Crippen molar-refractivity contribution in [1.82, 2.24) is 5.32 Å². The van der Waals surface area contributed by atoms with Crippen LogP contribution in [0.3, 0.4) is 0 Å². The van der Waals surface area contributed by atoms with Crippen molar-refractivity contribution in [3.63, 3.8) is 0 Å². The van der Waals surface area contributed by atoms with Gasteiger partial charge in [0, 0.05) is 18.6 Å². The van der Waals surface area contributed by atoms with Gasteiger partial charge < -0.3 is 11.1 Å². The third kappa shape index (κ3) is 6.16. The van der Waals surface area contributed by atoms with Gasteiger partial charge in [0.1, 0.15) is 0 Å². The number of nitrogens with one attached hydrogen (secondary N) is 1. The Bertz CT molecular complexity index is 139. The lowest BCUT2D eigenvalue weighted by atomic mass is 10.1. The highest BCUT2D eigenvalue weighted by atomic mass is 14.9. The molecule has 0 amide bonds. The molecule has 15 heavy (non-hydrogen) atoms. The summed E-state index contributed by atoms with van der Waals surface area (Å²) in [6.45, 7) is 3.25. The van der Waals surface area contributed by atoms with E-state index in [0.29, 0.717) is 6.04 Å². The van der Waals surface area contributed by atoms with Crippen LogP contribution in [0.25, 0.3) is 0 Å². The van der Waals surface area contributed by atoms with Gasteiger partial charge in [-0.1, -0.05) is 45.4 Å².